The number of nitrogens with zero attached hydrogens (tertiary/aromatic N) is 3. The third kappa shape index (κ3) is 4.47. The van der Waals surface area contributed by atoms with Gasteiger partial charge < -0.3 is 15.5 Å². The van der Waals surface area contributed by atoms with Crippen LogP contribution in [0.3, 0.4) is 0 Å². The molecular formula is C21H25N5O2. The topological polar surface area (TPSA) is 87.2 Å². The minimum atomic E-state index is -0.126. The first kappa shape index (κ1) is 18.4. The number of carbonyl (C=O) groups excluding carboxylic acids is 2. The van der Waals surface area contributed by atoms with Crippen molar-refractivity contribution in [3.8, 4) is 0 Å². The third-order valence-electron chi connectivity index (χ3n) is 5.09. The zero-order chi connectivity index (χ0) is 19.3. The first-order chi connectivity index (χ1) is 13.7. The van der Waals surface area contributed by atoms with E-state index in [9.17, 15) is 9.59 Å². The quantitative estimate of drug-likeness (QED) is 0.771. The average molecular weight is 379 g/mol. The van der Waals surface area contributed by atoms with Crippen LogP contribution >= 0.6 is 0 Å². The van der Waals surface area contributed by atoms with Crippen LogP contribution < -0.4 is 10.6 Å². The highest BCUT2D eigenvalue weighted by Crippen LogP contribution is 2.23. The molecule has 1 aliphatic heterocycles. The van der Waals surface area contributed by atoms with Gasteiger partial charge in [0.15, 0.2) is 0 Å². The Morgan fingerprint density at radius 2 is 1.86 bits per heavy atom. The first-order valence-corrected chi connectivity index (χ1v) is 9.95. The van der Waals surface area contributed by atoms with Crippen LogP contribution in [-0.2, 0) is 6.42 Å². The lowest BCUT2D eigenvalue weighted by molar-refractivity contribution is 0.0790. The third-order valence-corrected chi connectivity index (χ3v) is 5.09. The summed E-state index contributed by atoms with van der Waals surface area (Å²) in [5.41, 5.74) is 1.84. The van der Waals surface area contributed by atoms with Crippen molar-refractivity contribution in [1.29, 1.82) is 0 Å². The molecule has 2 fully saturated rings. The second-order valence-corrected chi connectivity index (χ2v) is 7.34. The summed E-state index contributed by atoms with van der Waals surface area (Å²) in [4.78, 5) is 35.9. The van der Waals surface area contributed by atoms with Gasteiger partial charge in [0.05, 0.1) is 11.3 Å². The van der Waals surface area contributed by atoms with E-state index < -0.39 is 0 Å². The second kappa shape index (κ2) is 8.37. The van der Waals surface area contributed by atoms with Crippen LogP contribution in [-0.4, -0.2) is 52.4 Å². The van der Waals surface area contributed by atoms with Gasteiger partial charge in [0.2, 0.25) is 5.95 Å². The number of hydrogen-bond donors (Lipinski definition) is 2. The summed E-state index contributed by atoms with van der Waals surface area (Å²) in [6, 6.07) is 9.54. The van der Waals surface area contributed by atoms with Crippen LogP contribution in [0, 0.1) is 0 Å². The maximum Gasteiger partial charge on any atom is 0.257 e. The van der Waals surface area contributed by atoms with Crippen molar-refractivity contribution in [2.45, 2.75) is 38.1 Å². The molecule has 2 amide bonds. The second-order valence-electron chi connectivity index (χ2n) is 7.34. The van der Waals surface area contributed by atoms with Crippen molar-refractivity contribution in [3.63, 3.8) is 0 Å². The number of benzene rings is 1. The lowest BCUT2D eigenvalue weighted by Crippen LogP contribution is -2.30. The number of hydrogen-bond acceptors (Lipinski definition) is 5. The van der Waals surface area contributed by atoms with Gasteiger partial charge in [-0.15, -0.1) is 0 Å². The van der Waals surface area contributed by atoms with E-state index in [2.05, 4.69) is 20.6 Å². The highest BCUT2D eigenvalue weighted by molar-refractivity contribution is 5.95. The normalized spacial score (nSPS) is 16.1. The molecule has 7 nitrogen and oxygen atoms in total. The lowest BCUT2D eigenvalue weighted by Gasteiger charge is -2.17. The number of rotatable bonds is 7. The molecule has 0 spiro atoms. The van der Waals surface area contributed by atoms with Gasteiger partial charge in [0.25, 0.3) is 11.8 Å². The van der Waals surface area contributed by atoms with Crippen LogP contribution in [0.25, 0.3) is 0 Å². The summed E-state index contributed by atoms with van der Waals surface area (Å²) >= 11 is 0. The van der Waals surface area contributed by atoms with E-state index in [1.54, 1.807) is 18.3 Å². The van der Waals surface area contributed by atoms with E-state index in [1.165, 1.54) is 0 Å². The number of amides is 2. The van der Waals surface area contributed by atoms with E-state index in [4.69, 9.17) is 0 Å². The predicted octanol–water partition coefficient (Wildman–Crippen LogP) is 2.26. The Balaban J connectivity index is 1.46. The molecule has 1 aromatic heterocycles. The molecule has 0 atom stereocenters. The van der Waals surface area contributed by atoms with Gasteiger partial charge in [-0.05, 0) is 37.8 Å². The van der Waals surface area contributed by atoms with E-state index in [1.807, 2.05) is 23.1 Å². The number of aromatic nitrogens is 2. The van der Waals surface area contributed by atoms with E-state index in [0.29, 0.717) is 41.8 Å². The molecule has 0 unspecified atom stereocenters. The van der Waals surface area contributed by atoms with Gasteiger partial charge in [0.1, 0.15) is 0 Å². The van der Waals surface area contributed by atoms with Crippen molar-refractivity contribution < 1.29 is 9.59 Å². The van der Waals surface area contributed by atoms with Gasteiger partial charge in [-0.3, -0.25) is 9.59 Å². The van der Waals surface area contributed by atoms with Crippen molar-refractivity contribution >= 4 is 17.8 Å². The SMILES string of the molecule is O=C(NCCc1nc(NC2CC2)ncc1C(=O)N1CCCC1)c1ccccc1. The highest BCUT2D eigenvalue weighted by Gasteiger charge is 2.25. The van der Waals surface area contributed by atoms with Crippen LogP contribution in [0.2, 0.25) is 0 Å². The van der Waals surface area contributed by atoms with Gasteiger partial charge in [-0.1, -0.05) is 18.2 Å². The zero-order valence-corrected chi connectivity index (χ0v) is 15.9. The van der Waals surface area contributed by atoms with E-state index in [-0.39, 0.29) is 11.8 Å². The Bertz CT molecular complexity index is 845. The van der Waals surface area contributed by atoms with Crippen molar-refractivity contribution in [2.24, 2.45) is 0 Å². The van der Waals surface area contributed by atoms with Crippen molar-refractivity contribution in [2.75, 3.05) is 25.0 Å². The Hall–Kier alpha value is -2.96. The van der Waals surface area contributed by atoms with Crippen LogP contribution in [0.5, 0.6) is 0 Å². The number of carbonyl (C=O) groups is 2. The molecular weight excluding hydrogens is 354 g/mol. The van der Waals surface area contributed by atoms with Gasteiger partial charge in [-0.2, -0.15) is 0 Å². The maximum absolute atomic E-state index is 12.9. The number of anilines is 1. The molecule has 28 heavy (non-hydrogen) atoms. The van der Waals surface area contributed by atoms with Gasteiger partial charge in [-0.25, -0.2) is 9.97 Å². The fourth-order valence-electron chi connectivity index (χ4n) is 3.34. The van der Waals surface area contributed by atoms with E-state index >= 15 is 0 Å². The average Bonchev–Trinajstić information content (AvgIpc) is 3.36. The fourth-order valence-corrected chi connectivity index (χ4v) is 3.34. The monoisotopic (exact) mass is 379 g/mol. The summed E-state index contributed by atoms with van der Waals surface area (Å²) in [5, 5.41) is 6.19. The fraction of sp³-hybridized carbons (Fsp3) is 0.429. The Labute approximate surface area is 164 Å². The molecule has 1 saturated heterocycles. The Kier molecular flexibility index (Phi) is 5.50. The molecule has 1 aliphatic carbocycles. The molecule has 2 N–H and O–H groups in total. The summed E-state index contributed by atoms with van der Waals surface area (Å²) in [6.07, 6.45) is 6.44. The maximum atomic E-state index is 12.9. The van der Waals surface area contributed by atoms with Crippen LogP contribution in [0.4, 0.5) is 5.95 Å². The summed E-state index contributed by atoms with van der Waals surface area (Å²) in [7, 11) is 0. The minimum Gasteiger partial charge on any atom is -0.352 e. The van der Waals surface area contributed by atoms with E-state index in [0.717, 1.165) is 38.8 Å². The highest BCUT2D eigenvalue weighted by atomic mass is 16.2. The van der Waals surface area contributed by atoms with Crippen molar-refractivity contribution in [1.82, 2.24) is 20.2 Å². The molecule has 2 heterocycles. The zero-order valence-electron chi connectivity index (χ0n) is 15.9. The molecule has 1 saturated carbocycles. The first-order valence-electron chi connectivity index (χ1n) is 9.95. The molecule has 0 bridgehead atoms. The molecule has 4 rings (SSSR count). The van der Waals surface area contributed by atoms with Crippen molar-refractivity contribution in [3.05, 3.63) is 53.3 Å². The Morgan fingerprint density at radius 3 is 2.57 bits per heavy atom. The smallest absolute Gasteiger partial charge is 0.257 e. The molecule has 1 aromatic carbocycles. The summed E-state index contributed by atoms with van der Waals surface area (Å²) in [5.74, 6) is 0.420. The molecule has 7 heteroatoms. The molecule has 2 aromatic rings. The molecule has 146 valence electrons. The number of nitrogens with one attached hydrogen (secondary N) is 2. The number of likely N-dealkylation sites (tertiary alicyclic amines) is 1. The van der Waals surface area contributed by atoms with Crippen LogP contribution in [0.15, 0.2) is 36.5 Å². The predicted molar refractivity (Wildman–Crippen MR) is 106 cm³/mol. The van der Waals surface area contributed by atoms with Gasteiger partial charge in [0, 0.05) is 43.9 Å². The molecule has 0 radical (unpaired) electrons. The molecule has 2 aliphatic rings. The summed E-state index contributed by atoms with van der Waals surface area (Å²) < 4.78 is 0. The largest absolute Gasteiger partial charge is 0.352 e. The Morgan fingerprint density at radius 1 is 1.11 bits per heavy atom. The van der Waals surface area contributed by atoms with Gasteiger partial charge >= 0.3 is 0 Å². The lowest BCUT2D eigenvalue weighted by atomic mass is 10.1. The summed E-state index contributed by atoms with van der Waals surface area (Å²) in [6.45, 7) is 1.98. The minimum absolute atomic E-state index is 0.0140. The standard InChI is InChI=1S/C21H25N5O2/c27-19(15-6-2-1-3-7-15)22-11-10-18-17(20(28)26-12-4-5-13-26)14-23-21(25-18)24-16-8-9-16/h1-3,6-7,14,16H,4-5,8-13H2,(H,22,27)(H,23,24,25). The van der Waals surface area contributed by atoms with Crippen LogP contribution in [0.1, 0.15) is 52.1 Å².